The van der Waals surface area contributed by atoms with Gasteiger partial charge in [0.05, 0.1) is 12.7 Å². The van der Waals surface area contributed by atoms with E-state index in [1.165, 1.54) is 12.1 Å². The topological polar surface area (TPSA) is 21.3 Å². The van der Waals surface area contributed by atoms with E-state index in [0.29, 0.717) is 24.3 Å². The van der Waals surface area contributed by atoms with Crippen molar-refractivity contribution in [3.05, 3.63) is 34.9 Å². The van der Waals surface area contributed by atoms with Crippen molar-refractivity contribution in [2.45, 2.75) is 39.7 Å². The average molecular weight is 283 g/mol. The fourth-order valence-electron chi connectivity index (χ4n) is 2.67. The van der Waals surface area contributed by atoms with E-state index in [1.807, 2.05) is 0 Å². The summed E-state index contributed by atoms with van der Waals surface area (Å²) in [5.41, 5.74) is 0.724. The third-order valence-corrected chi connectivity index (χ3v) is 4.55. The van der Waals surface area contributed by atoms with E-state index >= 15 is 0 Å². The predicted molar refractivity (Wildman–Crippen MR) is 75.7 cm³/mol. The van der Waals surface area contributed by atoms with Crippen molar-refractivity contribution in [1.29, 1.82) is 0 Å². The van der Waals surface area contributed by atoms with Crippen molar-refractivity contribution >= 4 is 0 Å². The maximum atomic E-state index is 14.0. The molecular weight excluding hydrogens is 260 g/mol. The van der Waals surface area contributed by atoms with E-state index < -0.39 is 11.9 Å². The van der Waals surface area contributed by atoms with E-state index in [2.05, 4.69) is 19.2 Å². The molecule has 1 N–H and O–H groups in total. The highest BCUT2D eigenvalue weighted by Gasteiger charge is 2.32. The van der Waals surface area contributed by atoms with Crippen LogP contribution in [0.25, 0.3) is 0 Å². The summed E-state index contributed by atoms with van der Waals surface area (Å²) in [6.07, 6.45) is 1.59. The summed E-state index contributed by atoms with van der Waals surface area (Å²) in [5, 5.41) is 3.34. The van der Waals surface area contributed by atoms with Crippen molar-refractivity contribution in [2.75, 3.05) is 19.7 Å². The van der Waals surface area contributed by atoms with E-state index in [4.69, 9.17) is 4.74 Å². The van der Waals surface area contributed by atoms with Gasteiger partial charge in [0.15, 0.2) is 0 Å². The Kier molecular flexibility index (Phi) is 4.76. The van der Waals surface area contributed by atoms with Crippen LogP contribution in [0.2, 0.25) is 0 Å². The molecular formula is C16H23F2NO. The Morgan fingerprint density at radius 1 is 1.25 bits per heavy atom. The lowest BCUT2D eigenvalue weighted by Gasteiger charge is -2.29. The molecule has 0 bridgehead atoms. The van der Waals surface area contributed by atoms with Crippen LogP contribution in [0.4, 0.5) is 8.78 Å². The second kappa shape index (κ2) is 6.19. The first-order valence-electron chi connectivity index (χ1n) is 7.29. The molecule has 0 aliphatic carbocycles. The van der Waals surface area contributed by atoms with Crippen LogP contribution in [0.15, 0.2) is 12.1 Å². The van der Waals surface area contributed by atoms with Crippen molar-refractivity contribution in [1.82, 2.24) is 5.32 Å². The third-order valence-electron chi connectivity index (χ3n) is 4.55. The molecule has 1 unspecified atom stereocenters. The summed E-state index contributed by atoms with van der Waals surface area (Å²) in [4.78, 5) is 0. The zero-order valence-corrected chi connectivity index (χ0v) is 12.4. The molecule has 0 aromatic heterocycles. The van der Waals surface area contributed by atoms with Gasteiger partial charge in [-0.1, -0.05) is 13.8 Å². The molecule has 0 spiro atoms. The zero-order chi connectivity index (χ0) is 14.8. The van der Waals surface area contributed by atoms with Gasteiger partial charge in [-0.25, -0.2) is 8.78 Å². The average Bonchev–Trinajstić information content (AvgIpc) is 2.66. The van der Waals surface area contributed by atoms with Gasteiger partial charge in [-0.3, -0.25) is 0 Å². The molecule has 1 aliphatic rings. The van der Waals surface area contributed by atoms with Gasteiger partial charge >= 0.3 is 0 Å². The number of rotatable bonds is 3. The molecule has 112 valence electrons. The predicted octanol–water partition coefficient (Wildman–Crippen LogP) is 3.74. The smallest absolute Gasteiger partial charge is 0.129 e. The quantitative estimate of drug-likeness (QED) is 0.912. The Hall–Kier alpha value is -1.00. The highest BCUT2D eigenvalue weighted by atomic mass is 19.1. The minimum absolute atomic E-state index is 0.0917. The van der Waals surface area contributed by atoms with Gasteiger partial charge in [0, 0.05) is 24.1 Å². The van der Waals surface area contributed by atoms with E-state index in [9.17, 15) is 8.78 Å². The van der Waals surface area contributed by atoms with Gasteiger partial charge in [0.2, 0.25) is 0 Å². The van der Waals surface area contributed by atoms with Crippen LogP contribution >= 0.6 is 0 Å². The number of ether oxygens (including phenoxy) is 1. The first-order chi connectivity index (χ1) is 9.51. The molecule has 1 fully saturated rings. The maximum Gasteiger partial charge on any atom is 0.129 e. The normalized spacial score (nSPS) is 22.6. The lowest BCUT2D eigenvalue weighted by atomic mass is 9.83. The van der Waals surface area contributed by atoms with Gasteiger partial charge in [0.1, 0.15) is 11.6 Å². The highest BCUT2D eigenvalue weighted by Crippen LogP contribution is 2.32. The molecule has 4 heteroatoms. The van der Waals surface area contributed by atoms with E-state index in [-0.39, 0.29) is 11.2 Å². The molecule has 0 amide bonds. The van der Waals surface area contributed by atoms with Crippen LogP contribution in [0.5, 0.6) is 0 Å². The number of benzene rings is 1. The fraction of sp³-hybridized carbons (Fsp3) is 0.625. The maximum absolute atomic E-state index is 14.0. The first-order valence-corrected chi connectivity index (χ1v) is 7.29. The summed E-state index contributed by atoms with van der Waals surface area (Å²) in [6.45, 7) is 7.79. The molecule has 1 aromatic rings. The standard InChI is InChI=1S/C16H23F2NO/c1-4-16(5-2)9-19-8-15(20-10-16)12-7-13(17)11(3)6-14(12)18/h6-7,15,19H,4-5,8-10H2,1-3H3. The van der Waals surface area contributed by atoms with Gasteiger partial charge < -0.3 is 10.1 Å². The Morgan fingerprint density at radius 3 is 2.60 bits per heavy atom. The Bertz CT molecular complexity index is 472. The van der Waals surface area contributed by atoms with Gasteiger partial charge in [0.25, 0.3) is 0 Å². The van der Waals surface area contributed by atoms with Crippen molar-refractivity contribution in [3.8, 4) is 0 Å². The molecule has 0 saturated carbocycles. The van der Waals surface area contributed by atoms with Crippen LogP contribution in [0.1, 0.15) is 43.9 Å². The lowest BCUT2D eigenvalue weighted by Crippen LogP contribution is -2.34. The largest absolute Gasteiger partial charge is 0.371 e. The van der Waals surface area contributed by atoms with Crippen LogP contribution in [0.3, 0.4) is 0 Å². The summed E-state index contributed by atoms with van der Waals surface area (Å²) in [5.74, 6) is -0.775. The molecule has 20 heavy (non-hydrogen) atoms. The van der Waals surface area contributed by atoms with Crippen LogP contribution in [0, 0.1) is 24.0 Å². The Labute approximate surface area is 119 Å². The number of hydrogen-bond acceptors (Lipinski definition) is 2. The van der Waals surface area contributed by atoms with Crippen LogP contribution in [-0.4, -0.2) is 19.7 Å². The molecule has 1 atom stereocenters. The Balaban J connectivity index is 2.21. The minimum Gasteiger partial charge on any atom is -0.371 e. The minimum atomic E-state index is -0.426. The SMILES string of the molecule is CCC1(CC)CNCC(c2cc(F)c(C)cc2F)OC1. The lowest BCUT2D eigenvalue weighted by molar-refractivity contribution is 0.00859. The molecule has 0 radical (unpaired) electrons. The summed E-state index contributed by atoms with van der Waals surface area (Å²) >= 11 is 0. The van der Waals surface area contributed by atoms with E-state index in [0.717, 1.165) is 19.4 Å². The zero-order valence-electron chi connectivity index (χ0n) is 12.4. The Morgan fingerprint density at radius 2 is 1.95 bits per heavy atom. The number of nitrogens with one attached hydrogen (secondary N) is 1. The van der Waals surface area contributed by atoms with Crippen LogP contribution in [-0.2, 0) is 4.74 Å². The van der Waals surface area contributed by atoms with Crippen molar-refractivity contribution < 1.29 is 13.5 Å². The van der Waals surface area contributed by atoms with Crippen molar-refractivity contribution in [2.24, 2.45) is 5.41 Å². The molecule has 2 rings (SSSR count). The van der Waals surface area contributed by atoms with E-state index in [1.54, 1.807) is 6.92 Å². The van der Waals surface area contributed by atoms with Gasteiger partial charge in [-0.2, -0.15) is 0 Å². The molecule has 1 heterocycles. The number of halogens is 2. The summed E-state index contributed by atoms with van der Waals surface area (Å²) in [7, 11) is 0. The third kappa shape index (κ3) is 3.01. The molecule has 1 aromatic carbocycles. The monoisotopic (exact) mass is 283 g/mol. The molecule has 1 aliphatic heterocycles. The van der Waals surface area contributed by atoms with Crippen molar-refractivity contribution in [3.63, 3.8) is 0 Å². The molecule has 1 saturated heterocycles. The van der Waals surface area contributed by atoms with Gasteiger partial charge in [-0.15, -0.1) is 0 Å². The highest BCUT2D eigenvalue weighted by molar-refractivity contribution is 5.27. The fourth-order valence-corrected chi connectivity index (χ4v) is 2.67. The second-order valence-electron chi connectivity index (χ2n) is 5.76. The van der Waals surface area contributed by atoms with Crippen LogP contribution < -0.4 is 5.32 Å². The second-order valence-corrected chi connectivity index (χ2v) is 5.76. The summed E-state index contributed by atoms with van der Waals surface area (Å²) in [6, 6.07) is 2.51. The number of hydrogen-bond donors (Lipinski definition) is 1. The summed E-state index contributed by atoms with van der Waals surface area (Å²) < 4.78 is 33.6. The van der Waals surface area contributed by atoms with Gasteiger partial charge in [-0.05, 0) is 37.5 Å². The number of aryl methyl sites for hydroxylation is 1. The first kappa shape index (κ1) is 15.4. The molecule has 2 nitrogen and oxygen atoms in total.